The number of hydrogen-bond acceptors (Lipinski definition) is 16. The lowest BCUT2D eigenvalue weighted by Crippen LogP contribution is -2.50. The smallest absolute Gasteiger partial charge is 0.475 e. The van der Waals surface area contributed by atoms with Crippen LogP contribution < -0.4 is 27.2 Å². The molecule has 464 valence electrons. The molecule has 0 amide bonds. The monoisotopic (exact) mass is 1200 g/mol. The van der Waals surface area contributed by atoms with Crippen molar-refractivity contribution in [2.45, 2.75) is 252 Å². The maximum absolute atomic E-state index is 15.0. The standard InChI is InChI=1S/C60H94N5O16PSi/c1-12-14-15-16-17-18-19-20-21-22-23-24-25-26-27-28-34-73-47-37-45(36-42(3)44(47)5)40-74-52(67)29-30-53(68)78-48-38-51(65-39-43(4)56(69)63-59(65)71)77-49(48)41-76-82(72,75-35-32-61-9)80-54-46(13-2)79-57(64-33-31-50(66)62-58(64)70)55(54)81-83(10,11)60(6,7)8/h31,33,36-37,39,46,48-49,51,54-55,57H,12-30,32,34-35,38,40-41H2,1-8,10-11H3,(H,62,66,70)(H,63,69,71)/t46-,48?,49-,51?,54?,55+,57?,82?/m1/s1. The van der Waals surface area contributed by atoms with Crippen molar-refractivity contribution in [3.05, 3.63) is 106 Å². The Bertz CT molecular complexity index is 2870. The van der Waals surface area contributed by atoms with Crippen LogP contribution in [0.5, 0.6) is 5.75 Å². The van der Waals surface area contributed by atoms with Crippen LogP contribution in [-0.2, 0) is 57.7 Å². The van der Waals surface area contributed by atoms with Gasteiger partial charge in [0.15, 0.2) is 14.5 Å². The molecule has 2 aliphatic rings. The second kappa shape index (κ2) is 33.6. The van der Waals surface area contributed by atoms with Crippen LogP contribution in [0.1, 0.15) is 198 Å². The lowest BCUT2D eigenvalue weighted by Gasteiger charge is -2.40. The second-order valence-corrected chi connectivity index (χ2v) is 30.0. The zero-order valence-electron chi connectivity index (χ0n) is 50.9. The number of carbonyl (C=O) groups is 2. The van der Waals surface area contributed by atoms with E-state index in [4.69, 9.17) is 48.3 Å². The summed E-state index contributed by atoms with van der Waals surface area (Å²) in [6.07, 6.45) is 14.8. The predicted molar refractivity (Wildman–Crippen MR) is 318 cm³/mol. The van der Waals surface area contributed by atoms with E-state index in [1.807, 2.05) is 59.8 Å². The van der Waals surface area contributed by atoms with Crippen LogP contribution in [0.3, 0.4) is 0 Å². The number of ether oxygens (including phenoxy) is 5. The normalized spacial score (nSPS) is 20.7. The summed E-state index contributed by atoms with van der Waals surface area (Å²) in [5, 5.41) is -0.366. The molecule has 8 atom stereocenters. The number of aromatic amines is 2. The number of phosphoric ester groups is 1. The van der Waals surface area contributed by atoms with E-state index in [9.17, 15) is 33.3 Å². The third-order valence-corrected chi connectivity index (χ3v) is 21.9. The Morgan fingerprint density at radius 3 is 1.99 bits per heavy atom. The van der Waals surface area contributed by atoms with Gasteiger partial charge < -0.3 is 33.0 Å². The van der Waals surface area contributed by atoms with Gasteiger partial charge in [-0.1, -0.05) is 137 Å². The number of esters is 2. The van der Waals surface area contributed by atoms with E-state index in [2.05, 4.69) is 21.7 Å². The molecule has 2 aliphatic heterocycles. The van der Waals surface area contributed by atoms with Crippen molar-refractivity contribution in [3.8, 4) is 5.75 Å². The fraction of sp³-hybridized carbons (Fsp3) is 0.717. The van der Waals surface area contributed by atoms with Crippen LogP contribution in [0.15, 0.2) is 49.8 Å². The van der Waals surface area contributed by atoms with Crippen LogP contribution in [0.4, 0.5) is 0 Å². The minimum absolute atomic E-state index is 0.0448. The number of aryl methyl sites for hydroxylation is 2. The molecule has 3 aromatic rings. The van der Waals surface area contributed by atoms with Crippen molar-refractivity contribution >= 4 is 28.1 Å². The number of benzene rings is 1. The van der Waals surface area contributed by atoms with Crippen molar-refractivity contribution in [2.24, 2.45) is 0 Å². The largest absolute Gasteiger partial charge is 0.493 e. The molecule has 5 rings (SSSR count). The first kappa shape index (κ1) is 68.8. The summed E-state index contributed by atoms with van der Waals surface area (Å²) in [6.45, 7) is 26.2. The van der Waals surface area contributed by atoms with Crippen LogP contribution in [0.25, 0.3) is 4.85 Å². The summed E-state index contributed by atoms with van der Waals surface area (Å²) in [7, 11) is -7.53. The zero-order valence-corrected chi connectivity index (χ0v) is 52.8. The Kier molecular flexibility index (Phi) is 27.9. The Balaban J connectivity index is 1.19. The molecule has 0 bridgehead atoms. The molecule has 4 heterocycles. The van der Waals surface area contributed by atoms with E-state index in [0.29, 0.717) is 6.61 Å². The first-order valence-electron chi connectivity index (χ1n) is 30.1. The molecule has 2 saturated heterocycles. The van der Waals surface area contributed by atoms with Gasteiger partial charge in [0, 0.05) is 30.4 Å². The SMILES string of the molecule is [C-]#[N+]CCOP(=O)(OC[C@H]1OC(n2cc(C)c(=O)[nH]c2=O)CC1OC(=O)CCC(=O)OCc1cc(C)c(C)c(OCCCCCCCCCCCCCCCCCC)c1)OC1[C@H](O[Si](C)(C)C(C)(C)C)C(n2ccc(=O)[nH]c2=O)O[C@@H]1CC. The summed E-state index contributed by atoms with van der Waals surface area (Å²) in [4.78, 5) is 85.3. The van der Waals surface area contributed by atoms with Crippen molar-refractivity contribution in [3.63, 3.8) is 0 Å². The minimum Gasteiger partial charge on any atom is -0.493 e. The van der Waals surface area contributed by atoms with E-state index in [1.165, 1.54) is 114 Å². The van der Waals surface area contributed by atoms with Gasteiger partial charge in [-0.3, -0.25) is 51.9 Å². The van der Waals surface area contributed by atoms with Gasteiger partial charge in [0.05, 0.1) is 32.2 Å². The van der Waals surface area contributed by atoms with Gasteiger partial charge in [-0.2, -0.15) is 0 Å². The van der Waals surface area contributed by atoms with Gasteiger partial charge in [0.25, 0.3) is 11.1 Å². The number of unbranched alkanes of at least 4 members (excludes halogenated alkanes) is 15. The van der Waals surface area contributed by atoms with Gasteiger partial charge >= 0.3 is 31.1 Å². The van der Waals surface area contributed by atoms with E-state index in [1.54, 1.807) is 6.92 Å². The molecule has 23 heteroatoms. The van der Waals surface area contributed by atoms with Gasteiger partial charge in [-0.25, -0.2) is 20.7 Å². The lowest BCUT2D eigenvalue weighted by molar-refractivity contribution is -0.157. The molecule has 2 aromatic heterocycles. The first-order valence-corrected chi connectivity index (χ1v) is 34.5. The summed E-state index contributed by atoms with van der Waals surface area (Å²) < 4.78 is 72.7. The Hall–Kier alpha value is -4.98. The minimum atomic E-state index is -4.79. The number of phosphoric acid groups is 1. The fourth-order valence-electron chi connectivity index (χ4n) is 9.85. The van der Waals surface area contributed by atoms with Gasteiger partial charge in [0.1, 0.15) is 49.6 Å². The Morgan fingerprint density at radius 1 is 0.771 bits per heavy atom. The maximum Gasteiger partial charge on any atom is 0.475 e. The molecule has 5 unspecified atom stereocenters. The molecule has 83 heavy (non-hydrogen) atoms. The number of aromatic nitrogens is 4. The number of rotatable bonds is 37. The van der Waals surface area contributed by atoms with Crippen LogP contribution >= 0.6 is 7.82 Å². The highest BCUT2D eigenvalue weighted by molar-refractivity contribution is 7.48. The van der Waals surface area contributed by atoms with E-state index in [-0.39, 0.29) is 49.4 Å². The molecule has 0 aliphatic carbocycles. The second-order valence-electron chi connectivity index (χ2n) is 23.6. The topological polar surface area (TPSA) is 248 Å². The quantitative estimate of drug-likeness (QED) is 0.0179. The van der Waals surface area contributed by atoms with Crippen molar-refractivity contribution in [2.75, 3.05) is 26.4 Å². The summed E-state index contributed by atoms with van der Waals surface area (Å²) in [5.74, 6) is -0.718. The number of nitrogens with zero attached hydrogens (tertiary/aromatic N) is 3. The van der Waals surface area contributed by atoms with E-state index < -0.39 is 107 Å². The third kappa shape index (κ3) is 21.5. The van der Waals surface area contributed by atoms with E-state index >= 15 is 0 Å². The zero-order chi connectivity index (χ0) is 60.7. The molecule has 2 N–H and O–H groups in total. The Morgan fingerprint density at radius 2 is 1.39 bits per heavy atom. The fourth-order valence-corrected chi connectivity index (χ4v) is 12.5. The lowest BCUT2D eigenvalue weighted by atomic mass is 10.0. The summed E-state index contributed by atoms with van der Waals surface area (Å²) in [5.41, 5.74) is 0.128. The molecule has 1 aromatic carbocycles. The number of nitrogens with one attached hydrogen (secondary N) is 2. The maximum atomic E-state index is 15.0. The van der Waals surface area contributed by atoms with Crippen molar-refractivity contribution in [1.82, 2.24) is 19.1 Å². The average Bonchev–Trinajstić information content (AvgIpc) is 4.23. The van der Waals surface area contributed by atoms with Gasteiger partial charge in [0.2, 0.25) is 6.54 Å². The highest BCUT2D eigenvalue weighted by atomic mass is 31.2. The number of hydrogen-bond donors (Lipinski definition) is 2. The molecule has 0 spiro atoms. The Labute approximate surface area is 490 Å². The predicted octanol–water partition coefficient (Wildman–Crippen LogP) is 11.5. The highest BCUT2D eigenvalue weighted by Gasteiger charge is 2.54. The first-order chi connectivity index (χ1) is 39.5. The van der Waals surface area contributed by atoms with Crippen LogP contribution in [0.2, 0.25) is 18.1 Å². The third-order valence-electron chi connectivity index (χ3n) is 15.9. The average molecular weight is 1200 g/mol. The molecule has 0 saturated carbocycles. The van der Waals surface area contributed by atoms with Crippen molar-refractivity contribution in [1.29, 1.82) is 0 Å². The van der Waals surface area contributed by atoms with Gasteiger partial charge in [-0.05, 0) is 74.5 Å². The number of carbonyl (C=O) groups excluding carboxylic acids is 2. The highest BCUT2D eigenvalue weighted by Crippen LogP contribution is 2.55. The molecule has 2 fully saturated rings. The van der Waals surface area contributed by atoms with Crippen LogP contribution in [-0.4, -0.2) is 96.2 Å². The summed E-state index contributed by atoms with van der Waals surface area (Å²) >= 11 is 0. The molecular formula is C60H94N5O16PSi. The van der Waals surface area contributed by atoms with Crippen molar-refractivity contribution < 1.29 is 55.8 Å². The molecule has 21 nitrogen and oxygen atoms in total. The van der Waals surface area contributed by atoms with E-state index in [0.717, 1.165) is 45.9 Å². The number of H-pyrrole nitrogens is 2. The summed E-state index contributed by atoms with van der Waals surface area (Å²) in [6, 6.07) is 4.98. The van der Waals surface area contributed by atoms with Gasteiger partial charge in [-0.15, -0.1) is 0 Å². The molecular weight excluding hydrogens is 1110 g/mol. The van der Waals surface area contributed by atoms with Crippen LogP contribution in [0, 0.1) is 27.3 Å². The molecule has 0 radical (unpaired) electrons.